The Kier molecular flexibility index (Phi) is 5.08. The summed E-state index contributed by atoms with van der Waals surface area (Å²) < 4.78 is 5.82. The summed E-state index contributed by atoms with van der Waals surface area (Å²) in [5.41, 5.74) is 0.0607. The molecule has 0 atom stereocenters. The summed E-state index contributed by atoms with van der Waals surface area (Å²) in [4.78, 5) is 28.3. The lowest BCUT2D eigenvalue weighted by atomic mass is 10.3. The van der Waals surface area contributed by atoms with Crippen LogP contribution in [0.2, 0.25) is 0 Å². The number of pyridine rings is 1. The molecule has 0 bridgehead atoms. The lowest BCUT2D eigenvalue weighted by Gasteiger charge is -2.19. The Labute approximate surface area is 125 Å². The highest BCUT2D eigenvalue weighted by Crippen LogP contribution is 2.45. The van der Waals surface area contributed by atoms with Crippen LogP contribution in [-0.2, 0) is 14.3 Å². The quantitative estimate of drug-likeness (QED) is 0.399. The SMILES string of the molecule is CC(C)OC(=O)C(C(=O)Nc1ccccn1)=C1SCS1. The number of rotatable bonds is 4. The molecule has 1 aromatic rings. The van der Waals surface area contributed by atoms with Crippen molar-refractivity contribution in [2.24, 2.45) is 0 Å². The van der Waals surface area contributed by atoms with Gasteiger partial charge in [-0.05, 0) is 26.0 Å². The molecule has 2 rings (SSSR count). The molecule has 1 aliphatic rings. The molecule has 0 aromatic carbocycles. The van der Waals surface area contributed by atoms with Gasteiger partial charge in [-0.15, -0.1) is 23.5 Å². The first-order valence-corrected chi connectivity index (χ1v) is 7.98. The number of esters is 1. The monoisotopic (exact) mass is 310 g/mol. The molecule has 106 valence electrons. The van der Waals surface area contributed by atoms with Gasteiger partial charge in [0.1, 0.15) is 11.4 Å². The fourth-order valence-corrected chi connectivity index (χ4v) is 3.00. The second kappa shape index (κ2) is 6.81. The number of amides is 1. The maximum absolute atomic E-state index is 12.2. The standard InChI is InChI=1S/C13H14N2O3S2/c1-8(2)18-12(17)10(13-19-7-20-13)11(16)15-9-5-3-4-6-14-9/h3-6,8H,7H2,1-2H3,(H,14,15,16). The van der Waals surface area contributed by atoms with E-state index < -0.39 is 11.9 Å². The summed E-state index contributed by atoms with van der Waals surface area (Å²) in [5.74, 6) is -0.672. The Morgan fingerprint density at radius 1 is 1.35 bits per heavy atom. The molecule has 0 aliphatic carbocycles. The fraction of sp³-hybridized carbons (Fsp3) is 0.308. The summed E-state index contributed by atoms with van der Waals surface area (Å²) in [6.07, 6.45) is 1.30. The molecule has 7 heteroatoms. The maximum Gasteiger partial charge on any atom is 0.345 e. The van der Waals surface area contributed by atoms with Crippen LogP contribution in [0.4, 0.5) is 5.82 Å². The van der Waals surface area contributed by atoms with Crippen LogP contribution in [0.5, 0.6) is 0 Å². The van der Waals surface area contributed by atoms with Gasteiger partial charge in [-0.25, -0.2) is 9.78 Å². The van der Waals surface area contributed by atoms with Crippen molar-refractivity contribution in [3.8, 4) is 0 Å². The van der Waals surface area contributed by atoms with Gasteiger partial charge in [0.2, 0.25) is 0 Å². The van der Waals surface area contributed by atoms with Gasteiger partial charge < -0.3 is 10.1 Å². The molecule has 1 aromatic heterocycles. The van der Waals surface area contributed by atoms with Crippen molar-refractivity contribution in [2.75, 3.05) is 10.4 Å². The topological polar surface area (TPSA) is 68.3 Å². The minimum atomic E-state index is -0.594. The van der Waals surface area contributed by atoms with Crippen LogP contribution in [-0.4, -0.2) is 28.0 Å². The summed E-state index contributed by atoms with van der Waals surface area (Å²) >= 11 is 2.94. The van der Waals surface area contributed by atoms with E-state index in [1.807, 2.05) is 0 Å². The fourth-order valence-electron chi connectivity index (χ4n) is 1.42. The van der Waals surface area contributed by atoms with Gasteiger partial charge in [0.25, 0.3) is 5.91 Å². The number of ether oxygens (including phenoxy) is 1. The number of nitrogens with one attached hydrogen (secondary N) is 1. The molecule has 1 amide bonds. The molecule has 20 heavy (non-hydrogen) atoms. The molecule has 5 nitrogen and oxygen atoms in total. The van der Waals surface area contributed by atoms with Crippen molar-refractivity contribution < 1.29 is 14.3 Å². The number of anilines is 1. The van der Waals surface area contributed by atoms with Crippen LogP contribution in [0.3, 0.4) is 0 Å². The summed E-state index contributed by atoms with van der Waals surface area (Å²) in [5, 5.41) is 3.45. The second-order valence-corrected chi connectivity index (χ2v) is 6.79. The molecule has 0 saturated carbocycles. The highest BCUT2D eigenvalue weighted by Gasteiger charge is 2.29. The zero-order valence-corrected chi connectivity index (χ0v) is 12.7. The normalized spacial score (nSPS) is 13.7. The van der Waals surface area contributed by atoms with E-state index in [9.17, 15) is 9.59 Å². The van der Waals surface area contributed by atoms with Crippen molar-refractivity contribution in [2.45, 2.75) is 20.0 Å². The zero-order chi connectivity index (χ0) is 14.5. The maximum atomic E-state index is 12.2. The number of carbonyl (C=O) groups excluding carboxylic acids is 2. The molecule has 0 unspecified atom stereocenters. The van der Waals surface area contributed by atoms with Crippen molar-refractivity contribution in [1.29, 1.82) is 0 Å². The van der Waals surface area contributed by atoms with E-state index in [-0.39, 0.29) is 11.7 Å². The van der Waals surface area contributed by atoms with E-state index in [4.69, 9.17) is 4.74 Å². The molecule has 1 N–H and O–H groups in total. The van der Waals surface area contributed by atoms with E-state index in [2.05, 4.69) is 10.3 Å². The Hall–Kier alpha value is -1.47. The Morgan fingerprint density at radius 3 is 2.60 bits per heavy atom. The molecular weight excluding hydrogens is 296 g/mol. The predicted octanol–water partition coefficient (Wildman–Crippen LogP) is 2.62. The predicted molar refractivity (Wildman–Crippen MR) is 81.2 cm³/mol. The van der Waals surface area contributed by atoms with Crippen molar-refractivity contribution in [1.82, 2.24) is 4.98 Å². The van der Waals surface area contributed by atoms with E-state index >= 15 is 0 Å². The Bertz CT molecular complexity index is 538. The smallest absolute Gasteiger partial charge is 0.345 e. The average Bonchev–Trinajstić information content (AvgIpc) is 2.33. The lowest BCUT2D eigenvalue weighted by molar-refractivity contribution is -0.143. The zero-order valence-electron chi connectivity index (χ0n) is 11.1. The largest absolute Gasteiger partial charge is 0.459 e. The molecule has 1 aliphatic heterocycles. The summed E-state index contributed by atoms with van der Waals surface area (Å²) in [6.45, 7) is 3.50. The van der Waals surface area contributed by atoms with Gasteiger partial charge in [-0.1, -0.05) is 6.07 Å². The number of hydrogen-bond donors (Lipinski definition) is 1. The molecule has 2 heterocycles. The third-order valence-corrected chi connectivity index (χ3v) is 4.85. The van der Waals surface area contributed by atoms with Gasteiger partial charge in [-0.3, -0.25) is 4.79 Å². The first-order valence-electron chi connectivity index (χ1n) is 6.01. The van der Waals surface area contributed by atoms with Crippen LogP contribution in [0.1, 0.15) is 13.8 Å². The molecule has 1 saturated heterocycles. The molecule has 0 radical (unpaired) electrons. The first kappa shape index (κ1) is 14.9. The molecule has 1 fully saturated rings. The van der Waals surface area contributed by atoms with E-state index in [0.29, 0.717) is 10.1 Å². The highest BCUT2D eigenvalue weighted by atomic mass is 32.3. The van der Waals surface area contributed by atoms with Gasteiger partial charge in [-0.2, -0.15) is 0 Å². The highest BCUT2D eigenvalue weighted by molar-refractivity contribution is 8.37. The van der Waals surface area contributed by atoms with Crippen LogP contribution in [0.25, 0.3) is 0 Å². The third-order valence-electron chi connectivity index (χ3n) is 2.26. The minimum absolute atomic E-state index is 0.0607. The third kappa shape index (κ3) is 3.77. The van der Waals surface area contributed by atoms with Crippen LogP contribution < -0.4 is 5.32 Å². The lowest BCUT2D eigenvalue weighted by Crippen LogP contribution is -2.26. The number of thioether (sulfide) groups is 2. The van der Waals surface area contributed by atoms with Crippen LogP contribution >= 0.6 is 23.5 Å². The van der Waals surface area contributed by atoms with Gasteiger partial charge in [0.15, 0.2) is 0 Å². The first-order chi connectivity index (χ1) is 9.58. The Morgan fingerprint density at radius 2 is 2.10 bits per heavy atom. The van der Waals surface area contributed by atoms with E-state index in [0.717, 1.165) is 5.08 Å². The summed E-state index contributed by atoms with van der Waals surface area (Å²) in [6, 6.07) is 5.17. The Balaban J connectivity index is 2.16. The van der Waals surface area contributed by atoms with Crippen LogP contribution in [0, 0.1) is 0 Å². The minimum Gasteiger partial charge on any atom is -0.459 e. The molecular formula is C13H14N2O3S2. The van der Waals surface area contributed by atoms with Gasteiger partial charge in [0.05, 0.1) is 10.3 Å². The van der Waals surface area contributed by atoms with Crippen molar-refractivity contribution in [3.63, 3.8) is 0 Å². The number of hydrogen-bond acceptors (Lipinski definition) is 6. The van der Waals surface area contributed by atoms with Gasteiger partial charge >= 0.3 is 5.97 Å². The number of carbonyl (C=O) groups is 2. The van der Waals surface area contributed by atoms with Crippen molar-refractivity contribution in [3.05, 3.63) is 34.2 Å². The van der Waals surface area contributed by atoms with Crippen molar-refractivity contribution >= 4 is 41.2 Å². The summed E-state index contributed by atoms with van der Waals surface area (Å²) in [7, 11) is 0. The second-order valence-electron chi connectivity index (χ2n) is 4.19. The van der Waals surface area contributed by atoms with Crippen LogP contribution in [0.15, 0.2) is 34.2 Å². The molecule has 0 spiro atoms. The number of aromatic nitrogens is 1. The number of nitrogens with zero attached hydrogens (tertiary/aromatic N) is 1. The van der Waals surface area contributed by atoms with E-state index in [1.165, 1.54) is 23.5 Å². The van der Waals surface area contributed by atoms with Gasteiger partial charge in [0, 0.05) is 11.3 Å². The average molecular weight is 310 g/mol. The van der Waals surface area contributed by atoms with E-state index in [1.54, 1.807) is 38.2 Å².